The summed E-state index contributed by atoms with van der Waals surface area (Å²) >= 11 is 0. The molecule has 36 heavy (non-hydrogen) atoms. The lowest BCUT2D eigenvalue weighted by Crippen LogP contribution is -2.30. The molecule has 0 amide bonds. The summed E-state index contributed by atoms with van der Waals surface area (Å²) in [5.74, 6) is 1.53. The van der Waals surface area contributed by atoms with Crippen LogP contribution in [0.3, 0.4) is 0 Å². The number of aryl methyl sites for hydroxylation is 2. The van der Waals surface area contributed by atoms with Crippen LogP contribution in [0.15, 0.2) is 42.5 Å². The Morgan fingerprint density at radius 2 is 2.06 bits per heavy atom. The van der Waals surface area contributed by atoms with Crippen molar-refractivity contribution in [2.75, 3.05) is 40.0 Å². The van der Waals surface area contributed by atoms with Crippen LogP contribution >= 0.6 is 0 Å². The first kappa shape index (κ1) is 26.3. The monoisotopic (exact) mass is 495 g/mol. The largest absolute Gasteiger partial charge is 0.463 e. The summed E-state index contributed by atoms with van der Waals surface area (Å²) in [5, 5.41) is 0. The third-order valence-corrected chi connectivity index (χ3v) is 7.15. The molecule has 0 unspecified atom stereocenters. The molecule has 1 N–H and O–H groups in total. The minimum Gasteiger partial charge on any atom is -0.463 e. The lowest BCUT2D eigenvalue weighted by atomic mass is 9.70. The SMILES string of the molecule is CC(C)[C@@H]1c2ccc(F)cc2CC[C@@H]1COCC(=O)OCCN(C)CCCc1nc2ccccc2[nH]1. The van der Waals surface area contributed by atoms with Crippen LogP contribution in [0.25, 0.3) is 11.0 Å². The van der Waals surface area contributed by atoms with Crippen LogP contribution in [-0.4, -0.2) is 60.8 Å². The molecule has 1 aliphatic carbocycles. The van der Waals surface area contributed by atoms with E-state index in [0.29, 0.717) is 37.5 Å². The van der Waals surface area contributed by atoms with E-state index in [1.165, 1.54) is 5.56 Å². The van der Waals surface area contributed by atoms with Crippen molar-refractivity contribution in [1.82, 2.24) is 14.9 Å². The smallest absolute Gasteiger partial charge is 0.332 e. The Labute approximate surface area is 213 Å². The van der Waals surface area contributed by atoms with Gasteiger partial charge >= 0.3 is 5.97 Å². The van der Waals surface area contributed by atoms with Gasteiger partial charge in [0.15, 0.2) is 0 Å². The zero-order chi connectivity index (χ0) is 25.5. The number of H-pyrrole nitrogens is 1. The minimum absolute atomic E-state index is 0.0344. The molecule has 0 fully saturated rings. The number of ether oxygens (including phenoxy) is 2. The normalized spacial score (nSPS) is 17.6. The van der Waals surface area contributed by atoms with Gasteiger partial charge in [0, 0.05) is 13.0 Å². The van der Waals surface area contributed by atoms with Gasteiger partial charge < -0.3 is 19.4 Å². The fourth-order valence-electron chi connectivity index (χ4n) is 5.38. The van der Waals surface area contributed by atoms with E-state index in [-0.39, 0.29) is 18.4 Å². The summed E-state index contributed by atoms with van der Waals surface area (Å²) < 4.78 is 24.8. The molecular weight excluding hydrogens is 457 g/mol. The summed E-state index contributed by atoms with van der Waals surface area (Å²) in [4.78, 5) is 22.3. The topological polar surface area (TPSA) is 67.5 Å². The summed E-state index contributed by atoms with van der Waals surface area (Å²) in [6.07, 6.45) is 3.64. The van der Waals surface area contributed by atoms with Gasteiger partial charge in [-0.1, -0.05) is 32.0 Å². The molecule has 3 aromatic rings. The maximum atomic E-state index is 13.6. The van der Waals surface area contributed by atoms with Gasteiger partial charge in [0.05, 0.1) is 17.6 Å². The highest BCUT2D eigenvalue weighted by Gasteiger charge is 2.32. The quantitative estimate of drug-likeness (QED) is 0.353. The van der Waals surface area contributed by atoms with Crippen LogP contribution in [0.5, 0.6) is 0 Å². The Morgan fingerprint density at radius 1 is 1.22 bits per heavy atom. The van der Waals surface area contributed by atoms with Gasteiger partial charge in [-0.05, 0) is 86.0 Å². The Bertz CT molecular complexity index is 1110. The van der Waals surface area contributed by atoms with Crippen LogP contribution in [-0.2, 0) is 27.1 Å². The van der Waals surface area contributed by atoms with Crippen molar-refractivity contribution in [2.24, 2.45) is 11.8 Å². The number of aromatic amines is 1. The van der Waals surface area contributed by atoms with Crippen molar-refractivity contribution in [3.05, 3.63) is 65.2 Å². The van der Waals surface area contributed by atoms with Crippen LogP contribution < -0.4 is 0 Å². The van der Waals surface area contributed by atoms with Crippen LogP contribution in [0.1, 0.15) is 49.6 Å². The first-order chi connectivity index (χ1) is 17.4. The van der Waals surface area contributed by atoms with Crippen molar-refractivity contribution in [2.45, 2.75) is 45.4 Å². The molecule has 0 saturated heterocycles. The maximum Gasteiger partial charge on any atom is 0.332 e. The van der Waals surface area contributed by atoms with E-state index in [9.17, 15) is 9.18 Å². The number of halogens is 1. The number of benzene rings is 2. The molecule has 0 spiro atoms. The maximum absolute atomic E-state index is 13.6. The second-order valence-corrected chi connectivity index (χ2v) is 10.3. The number of carbonyl (C=O) groups is 1. The molecule has 0 bridgehead atoms. The fraction of sp³-hybridized carbons (Fsp3) is 0.517. The zero-order valence-corrected chi connectivity index (χ0v) is 21.6. The second kappa shape index (κ2) is 12.5. The molecule has 7 heteroatoms. The summed E-state index contributed by atoms with van der Waals surface area (Å²) in [6, 6.07) is 13.2. The van der Waals surface area contributed by atoms with E-state index >= 15 is 0 Å². The van der Waals surface area contributed by atoms with E-state index in [4.69, 9.17) is 9.47 Å². The van der Waals surface area contributed by atoms with Gasteiger partial charge in [-0.2, -0.15) is 0 Å². The zero-order valence-electron chi connectivity index (χ0n) is 21.6. The van der Waals surface area contributed by atoms with E-state index in [2.05, 4.69) is 28.7 Å². The third kappa shape index (κ3) is 6.92. The van der Waals surface area contributed by atoms with Gasteiger partial charge in [0.1, 0.15) is 24.9 Å². The molecule has 2 aromatic carbocycles. The molecule has 1 aliphatic rings. The number of carbonyl (C=O) groups excluding carboxylic acids is 1. The molecule has 4 rings (SSSR count). The number of nitrogens with one attached hydrogen (secondary N) is 1. The predicted octanol–water partition coefficient (Wildman–Crippen LogP) is 5.13. The van der Waals surface area contributed by atoms with E-state index in [1.54, 1.807) is 12.1 Å². The number of fused-ring (bicyclic) bond motifs is 2. The molecule has 0 radical (unpaired) electrons. The van der Waals surface area contributed by atoms with Gasteiger partial charge in [0.2, 0.25) is 0 Å². The van der Waals surface area contributed by atoms with Gasteiger partial charge in [-0.3, -0.25) is 0 Å². The minimum atomic E-state index is -0.329. The number of rotatable bonds is 12. The van der Waals surface area contributed by atoms with Crippen molar-refractivity contribution in [1.29, 1.82) is 0 Å². The lowest BCUT2D eigenvalue weighted by Gasteiger charge is -2.36. The number of aromatic nitrogens is 2. The van der Waals surface area contributed by atoms with Crippen molar-refractivity contribution in [3.63, 3.8) is 0 Å². The standard InChI is InChI=1S/C29H38FN3O3/c1-20(2)29-22(11-10-21-17-23(30)12-13-24(21)29)18-35-19-28(34)36-16-15-33(3)14-6-9-27-31-25-7-4-5-8-26(25)32-27/h4-5,7-8,12-13,17,20,22,29H,6,9-11,14-16,18-19H2,1-3H3,(H,31,32)/t22-,29+/m1/s1. The molecule has 194 valence electrons. The predicted molar refractivity (Wildman–Crippen MR) is 139 cm³/mol. The van der Waals surface area contributed by atoms with E-state index < -0.39 is 0 Å². The average molecular weight is 496 g/mol. The van der Waals surface area contributed by atoms with Crippen LogP contribution in [0.2, 0.25) is 0 Å². The van der Waals surface area contributed by atoms with Crippen LogP contribution in [0, 0.1) is 17.7 Å². The van der Waals surface area contributed by atoms with Gasteiger partial charge in [0.25, 0.3) is 0 Å². The molecular formula is C29H38FN3O3. The molecule has 6 nitrogen and oxygen atoms in total. The highest BCUT2D eigenvalue weighted by atomic mass is 19.1. The molecule has 0 saturated carbocycles. The third-order valence-electron chi connectivity index (χ3n) is 7.15. The second-order valence-electron chi connectivity index (χ2n) is 10.3. The molecule has 1 heterocycles. The highest BCUT2D eigenvalue weighted by molar-refractivity contribution is 5.74. The van der Waals surface area contributed by atoms with Crippen LogP contribution in [0.4, 0.5) is 4.39 Å². The first-order valence-electron chi connectivity index (χ1n) is 13.0. The first-order valence-corrected chi connectivity index (χ1v) is 13.0. The Morgan fingerprint density at radius 3 is 2.86 bits per heavy atom. The lowest BCUT2D eigenvalue weighted by molar-refractivity contribution is -0.150. The van der Waals surface area contributed by atoms with Gasteiger partial charge in [-0.25, -0.2) is 14.2 Å². The number of esters is 1. The van der Waals surface area contributed by atoms with E-state index in [1.807, 2.05) is 37.4 Å². The average Bonchev–Trinajstić information content (AvgIpc) is 3.26. The van der Waals surface area contributed by atoms with E-state index in [0.717, 1.165) is 54.6 Å². The molecule has 0 aliphatic heterocycles. The number of hydrogen-bond donors (Lipinski definition) is 1. The van der Waals surface area contributed by atoms with Crippen molar-refractivity contribution >= 4 is 17.0 Å². The fourth-order valence-corrected chi connectivity index (χ4v) is 5.38. The summed E-state index contributed by atoms with van der Waals surface area (Å²) in [5.41, 5.74) is 4.39. The van der Waals surface area contributed by atoms with Crippen molar-refractivity contribution in [3.8, 4) is 0 Å². The number of hydrogen-bond acceptors (Lipinski definition) is 5. The Balaban J connectivity index is 1.11. The summed E-state index contributed by atoms with van der Waals surface area (Å²) in [6.45, 7) is 6.78. The Kier molecular flexibility index (Phi) is 9.10. The number of para-hydroxylation sites is 2. The Hall–Kier alpha value is -2.77. The molecule has 2 atom stereocenters. The summed E-state index contributed by atoms with van der Waals surface area (Å²) in [7, 11) is 2.03. The van der Waals surface area contributed by atoms with Gasteiger partial charge in [-0.15, -0.1) is 0 Å². The number of likely N-dealkylation sites (N-methyl/N-ethyl adjacent to an activating group) is 1. The van der Waals surface area contributed by atoms with Crippen molar-refractivity contribution < 1.29 is 18.7 Å². The number of nitrogens with zero attached hydrogens (tertiary/aromatic N) is 2. The highest BCUT2D eigenvalue weighted by Crippen LogP contribution is 2.41. The number of imidazole rings is 1. The molecule has 1 aromatic heterocycles.